The molecule has 2 bridgehead atoms. The van der Waals surface area contributed by atoms with Gasteiger partial charge in [-0.2, -0.15) is 0 Å². The van der Waals surface area contributed by atoms with Crippen molar-refractivity contribution in [1.29, 1.82) is 0 Å². The lowest BCUT2D eigenvalue weighted by molar-refractivity contribution is 0.00732. The van der Waals surface area contributed by atoms with E-state index < -0.39 is 11.5 Å². The quantitative estimate of drug-likeness (QED) is 0.678. The molecule has 164 valence electrons. The molecule has 0 radical (unpaired) electrons. The fraction of sp³-hybridized carbons (Fsp3) is 0.500. The number of benzene rings is 1. The van der Waals surface area contributed by atoms with Gasteiger partial charge in [0.1, 0.15) is 22.9 Å². The van der Waals surface area contributed by atoms with E-state index in [1.54, 1.807) is 17.0 Å². The fourth-order valence-corrected chi connectivity index (χ4v) is 5.19. The summed E-state index contributed by atoms with van der Waals surface area (Å²) in [6.45, 7) is 6.37. The van der Waals surface area contributed by atoms with Crippen LogP contribution in [0.25, 0.3) is 11.4 Å². The number of halogens is 2. The van der Waals surface area contributed by atoms with Crippen LogP contribution in [0.4, 0.5) is 9.18 Å². The van der Waals surface area contributed by atoms with Crippen LogP contribution in [0.15, 0.2) is 16.6 Å². The van der Waals surface area contributed by atoms with Crippen molar-refractivity contribution in [1.82, 2.24) is 14.5 Å². The monoisotopic (exact) mass is 490 g/mol. The number of carbonyl (C=O) groups excluding carboxylic acids is 2. The van der Waals surface area contributed by atoms with Crippen LogP contribution >= 0.6 is 15.9 Å². The Hall–Kier alpha value is -2.42. The molecule has 4 aliphatic rings. The van der Waals surface area contributed by atoms with Crippen molar-refractivity contribution in [2.45, 2.75) is 57.1 Å². The molecule has 3 aliphatic heterocycles. The molecular weight excluding hydrogens is 467 g/mol. The average Bonchev–Trinajstić information content (AvgIpc) is 2.82. The maximum atomic E-state index is 14.2. The Labute approximate surface area is 187 Å². The number of rotatable bonds is 2. The van der Waals surface area contributed by atoms with Crippen molar-refractivity contribution >= 4 is 27.9 Å². The molecule has 0 unspecified atom stereocenters. The molecule has 31 heavy (non-hydrogen) atoms. The number of amides is 2. The zero-order chi connectivity index (χ0) is 22.2. The first kappa shape index (κ1) is 20.5. The normalized spacial score (nSPS) is 22.0. The molecule has 1 aliphatic carbocycles. The van der Waals surface area contributed by atoms with Crippen LogP contribution in [0.1, 0.15) is 73.2 Å². The third-order valence-corrected chi connectivity index (χ3v) is 6.96. The zero-order valence-corrected chi connectivity index (χ0v) is 19.2. The third kappa shape index (κ3) is 3.24. The number of primary amides is 1. The van der Waals surface area contributed by atoms with E-state index in [4.69, 9.17) is 10.5 Å². The number of hydrogen-bond donors (Lipinski definition) is 1. The predicted octanol–water partition coefficient (Wildman–Crippen LogP) is 4.32. The molecule has 2 fully saturated rings. The van der Waals surface area contributed by atoms with E-state index >= 15 is 0 Å². The molecule has 1 saturated heterocycles. The number of ether oxygens (including phenoxy) is 1. The van der Waals surface area contributed by atoms with Gasteiger partial charge in [-0.1, -0.05) is 0 Å². The second-order valence-electron chi connectivity index (χ2n) is 9.66. The molecule has 2 aromatic rings. The fourth-order valence-electron chi connectivity index (χ4n) is 4.85. The lowest BCUT2D eigenvalue weighted by Crippen LogP contribution is -2.51. The second-order valence-corrected chi connectivity index (χ2v) is 10.5. The first-order valence-electron chi connectivity index (χ1n) is 10.4. The van der Waals surface area contributed by atoms with Gasteiger partial charge in [0.05, 0.1) is 10.2 Å². The molecule has 1 aromatic carbocycles. The minimum Gasteiger partial charge on any atom is -0.444 e. The van der Waals surface area contributed by atoms with Gasteiger partial charge in [0, 0.05) is 30.6 Å². The topological polar surface area (TPSA) is 90.4 Å². The van der Waals surface area contributed by atoms with Crippen molar-refractivity contribution in [3.8, 4) is 11.4 Å². The van der Waals surface area contributed by atoms with E-state index in [2.05, 4.69) is 25.5 Å². The van der Waals surface area contributed by atoms with Crippen LogP contribution in [0.5, 0.6) is 0 Å². The van der Waals surface area contributed by atoms with Crippen molar-refractivity contribution < 1.29 is 18.7 Å². The minimum absolute atomic E-state index is 0.0549. The molecule has 1 saturated carbocycles. The summed E-state index contributed by atoms with van der Waals surface area (Å²) < 4.78 is 22.2. The summed E-state index contributed by atoms with van der Waals surface area (Å²) in [5, 5.41) is 0. The summed E-state index contributed by atoms with van der Waals surface area (Å²) in [5.74, 6) is -0.0238. The van der Waals surface area contributed by atoms with E-state index in [1.807, 2.05) is 20.8 Å². The van der Waals surface area contributed by atoms with E-state index in [0.717, 1.165) is 29.7 Å². The number of hydrogen-bond acceptors (Lipinski definition) is 4. The van der Waals surface area contributed by atoms with Gasteiger partial charge in [-0.25, -0.2) is 14.2 Å². The maximum Gasteiger partial charge on any atom is 0.410 e. The van der Waals surface area contributed by atoms with Crippen LogP contribution in [0.2, 0.25) is 0 Å². The number of imidazole rings is 1. The molecule has 1 aromatic heterocycles. The Bertz CT molecular complexity index is 1110. The van der Waals surface area contributed by atoms with Crippen LogP contribution < -0.4 is 5.73 Å². The van der Waals surface area contributed by atoms with Gasteiger partial charge in [0.2, 0.25) is 0 Å². The lowest BCUT2D eigenvalue weighted by atomic mass is 9.75. The Balaban J connectivity index is 1.54. The molecule has 4 heterocycles. The molecule has 7 nitrogen and oxygen atoms in total. The summed E-state index contributed by atoms with van der Waals surface area (Å²) in [7, 11) is 0. The number of carbonyl (C=O) groups is 2. The lowest BCUT2D eigenvalue weighted by Gasteiger charge is -2.42. The summed E-state index contributed by atoms with van der Waals surface area (Å²) in [5.41, 5.74) is 7.90. The number of nitrogens with two attached hydrogens (primary N) is 1. The Morgan fingerprint density at radius 2 is 1.90 bits per heavy atom. The molecule has 6 rings (SSSR count). The van der Waals surface area contributed by atoms with Crippen LogP contribution in [0, 0.1) is 5.82 Å². The summed E-state index contributed by atoms with van der Waals surface area (Å²) in [6.07, 6.45) is 1.37. The highest BCUT2D eigenvalue weighted by Crippen LogP contribution is 2.54. The van der Waals surface area contributed by atoms with E-state index in [0.29, 0.717) is 23.4 Å². The highest BCUT2D eigenvalue weighted by molar-refractivity contribution is 9.10. The van der Waals surface area contributed by atoms with E-state index in [9.17, 15) is 14.0 Å². The predicted molar refractivity (Wildman–Crippen MR) is 115 cm³/mol. The highest BCUT2D eigenvalue weighted by Gasteiger charge is 2.45. The Morgan fingerprint density at radius 1 is 1.23 bits per heavy atom. The van der Waals surface area contributed by atoms with Crippen molar-refractivity contribution in [3.05, 3.63) is 39.4 Å². The van der Waals surface area contributed by atoms with Crippen LogP contribution in [-0.2, 0) is 4.74 Å². The average molecular weight is 491 g/mol. The van der Waals surface area contributed by atoms with E-state index in [1.165, 1.54) is 0 Å². The molecule has 2 amide bonds. The van der Waals surface area contributed by atoms with E-state index in [-0.39, 0.29) is 35.5 Å². The number of aromatic nitrogens is 2. The van der Waals surface area contributed by atoms with Crippen molar-refractivity contribution in [2.75, 3.05) is 13.1 Å². The largest absolute Gasteiger partial charge is 0.444 e. The molecule has 0 atom stereocenters. The Kier molecular flexibility index (Phi) is 4.48. The van der Waals surface area contributed by atoms with Gasteiger partial charge in [0.15, 0.2) is 0 Å². The van der Waals surface area contributed by atoms with Gasteiger partial charge in [-0.3, -0.25) is 4.79 Å². The molecule has 9 heteroatoms. The smallest absolute Gasteiger partial charge is 0.410 e. The van der Waals surface area contributed by atoms with Crippen molar-refractivity contribution in [3.63, 3.8) is 0 Å². The number of likely N-dealkylation sites (tertiary alicyclic amines) is 1. The standard InChI is InChI=1S/C22H24BrFN4O3/c1-22(2,3)31-21(30)27-8-11(9-27)18-17(19(25)29)26-20-14-6-15(23)16(24)7-13(14)10-4-12(5-10)28(18)20/h6-7,10-12H,4-5,8-9H2,1-3H3,(H2,25,29). The van der Waals surface area contributed by atoms with Crippen LogP contribution in [-0.4, -0.2) is 45.1 Å². The molecule has 0 spiro atoms. The maximum absolute atomic E-state index is 14.2. The van der Waals surface area contributed by atoms with Gasteiger partial charge in [-0.05, 0) is 73.2 Å². The van der Waals surface area contributed by atoms with Gasteiger partial charge in [-0.15, -0.1) is 0 Å². The number of nitrogens with zero attached hydrogens (tertiary/aromatic N) is 3. The van der Waals surface area contributed by atoms with Crippen LogP contribution in [0.3, 0.4) is 0 Å². The second kappa shape index (κ2) is 6.79. The minimum atomic E-state index is -0.593. The SMILES string of the molecule is CC(C)(C)OC(=O)N1CC(c2c(C(N)=O)nc3n2C2CC(C2)c2cc(F)c(Br)cc2-3)C1. The Morgan fingerprint density at radius 3 is 2.52 bits per heavy atom. The molecular formula is C22H24BrFN4O3. The van der Waals surface area contributed by atoms with Gasteiger partial charge in [0.25, 0.3) is 5.91 Å². The summed E-state index contributed by atoms with van der Waals surface area (Å²) >= 11 is 3.28. The zero-order valence-electron chi connectivity index (χ0n) is 17.6. The molecule has 2 N–H and O–H groups in total. The third-order valence-electron chi connectivity index (χ3n) is 6.35. The highest BCUT2D eigenvalue weighted by atomic mass is 79.9. The van der Waals surface area contributed by atoms with Gasteiger partial charge >= 0.3 is 6.09 Å². The first-order valence-corrected chi connectivity index (χ1v) is 11.2. The summed E-state index contributed by atoms with van der Waals surface area (Å²) in [4.78, 5) is 30.9. The summed E-state index contributed by atoms with van der Waals surface area (Å²) in [6, 6.07) is 3.49. The first-order chi connectivity index (χ1) is 14.5. The van der Waals surface area contributed by atoms with Gasteiger partial charge < -0.3 is 19.9 Å². The van der Waals surface area contributed by atoms with Crippen molar-refractivity contribution in [2.24, 2.45) is 5.73 Å².